The van der Waals surface area contributed by atoms with E-state index in [1.165, 1.54) is 19.3 Å². The highest BCUT2D eigenvalue weighted by Gasteiger charge is 2.38. The van der Waals surface area contributed by atoms with Gasteiger partial charge in [-0.3, -0.25) is 9.69 Å². The molecule has 136 valence electrons. The summed E-state index contributed by atoms with van der Waals surface area (Å²) in [5, 5.41) is 3.84. The van der Waals surface area contributed by atoms with Crippen molar-refractivity contribution in [3.05, 3.63) is 40.9 Å². The van der Waals surface area contributed by atoms with E-state index in [2.05, 4.69) is 10.2 Å². The summed E-state index contributed by atoms with van der Waals surface area (Å²) in [4.78, 5) is 14.8. The number of nitrogens with one attached hydrogen (secondary N) is 1. The first kappa shape index (κ1) is 18.4. The summed E-state index contributed by atoms with van der Waals surface area (Å²) in [6, 6.07) is 7.47. The molecule has 1 aromatic carbocycles. The van der Waals surface area contributed by atoms with Crippen molar-refractivity contribution in [2.45, 2.75) is 37.6 Å². The van der Waals surface area contributed by atoms with E-state index in [0.717, 1.165) is 51.3 Å². The molecule has 0 aromatic heterocycles. The third-order valence-corrected chi connectivity index (χ3v) is 5.61. The fourth-order valence-corrected chi connectivity index (χ4v) is 4.03. The maximum absolute atomic E-state index is 12.3. The number of benzene rings is 1. The van der Waals surface area contributed by atoms with Gasteiger partial charge in [0.25, 0.3) is 0 Å². The maximum Gasteiger partial charge on any atom is 0.244 e. The van der Waals surface area contributed by atoms with Crippen LogP contribution in [-0.4, -0.2) is 49.2 Å². The van der Waals surface area contributed by atoms with Gasteiger partial charge in [-0.05, 0) is 36.6 Å². The van der Waals surface area contributed by atoms with Gasteiger partial charge in [-0.25, -0.2) is 0 Å². The first-order valence-electron chi connectivity index (χ1n) is 9.22. The average Bonchev–Trinajstić information content (AvgIpc) is 2.67. The van der Waals surface area contributed by atoms with Gasteiger partial charge >= 0.3 is 0 Å². The van der Waals surface area contributed by atoms with E-state index in [1.54, 1.807) is 6.08 Å². The third kappa shape index (κ3) is 5.06. The van der Waals surface area contributed by atoms with Crippen LogP contribution in [0.3, 0.4) is 0 Å². The molecule has 25 heavy (non-hydrogen) atoms. The number of amides is 1. The van der Waals surface area contributed by atoms with E-state index in [1.807, 2.05) is 30.3 Å². The second-order valence-electron chi connectivity index (χ2n) is 6.99. The quantitative estimate of drug-likeness (QED) is 0.815. The Labute approximate surface area is 155 Å². The fourth-order valence-electron chi connectivity index (χ4n) is 3.91. The molecule has 1 heterocycles. The Kier molecular flexibility index (Phi) is 6.51. The zero-order chi connectivity index (χ0) is 17.5. The summed E-state index contributed by atoms with van der Waals surface area (Å²) in [6.45, 7) is 4.25. The normalized spacial score (nSPS) is 21.3. The number of nitrogens with zero attached hydrogens (tertiary/aromatic N) is 1. The van der Waals surface area contributed by atoms with Crippen molar-refractivity contribution in [2.75, 3.05) is 32.8 Å². The lowest BCUT2D eigenvalue weighted by molar-refractivity contribution is -0.117. The molecule has 1 saturated carbocycles. The topological polar surface area (TPSA) is 41.6 Å². The molecule has 0 spiro atoms. The molecule has 1 saturated heterocycles. The number of rotatable bonds is 5. The molecule has 2 aliphatic rings. The van der Waals surface area contributed by atoms with Crippen LogP contribution < -0.4 is 5.32 Å². The number of morpholine rings is 1. The van der Waals surface area contributed by atoms with Gasteiger partial charge in [0.05, 0.1) is 13.2 Å². The molecule has 1 aromatic rings. The van der Waals surface area contributed by atoms with Gasteiger partial charge in [-0.1, -0.05) is 43.0 Å². The van der Waals surface area contributed by atoms with Crippen LogP contribution in [0.25, 0.3) is 6.08 Å². The predicted octanol–water partition coefficient (Wildman–Crippen LogP) is 3.50. The van der Waals surface area contributed by atoms with Crippen molar-refractivity contribution in [2.24, 2.45) is 0 Å². The minimum absolute atomic E-state index is 0.0341. The molecule has 0 radical (unpaired) electrons. The lowest BCUT2D eigenvalue weighted by Crippen LogP contribution is -2.59. The Balaban J connectivity index is 1.58. The van der Waals surface area contributed by atoms with E-state index >= 15 is 0 Å². The van der Waals surface area contributed by atoms with Gasteiger partial charge in [-0.15, -0.1) is 0 Å². The standard InChI is InChI=1S/C20H27ClN2O2/c21-18-7-4-17(5-8-18)6-9-19(24)22-16-20(10-2-1-3-11-20)23-12-14-25-15-13-23/h4-9H,1-3,10-16H2,(H,22,24)/b9-6+. The fraction of sp³-hybridized carbons (Fsp3) is 0.550. The number of carbonyl (C=O) groups is 1. The monoisotopic (exact) mass is 362 g/mol. The van der Waals surface area contributed by atoms with Crippen LogP contribution in [0.4, 0.5) is 0 Å². The average molecular weight is 363 g/mol. The van der Waals surface area contributed by atoms with Crippen LogP contribution in [0.5, 0.6) is 0 Å². The zero-order valence-corrected chi connectivity index (χ0v) is 15.4. The SMILES string of the molecule is O=C(/C=C/c1ccc(Cl)cc1)NCC1(N2CCOCC2)CCCCC1. The lowest BCUT2D eigenvalue weighted by atomic mass is 9.79. The van der Waals surface area contributed by atoms with Gasteiger partial charge in [0.15, 0.2) is 0 Å². The Bertz CT molecular complexity index is 588. The molecule has 1 N–H and O–H groups in total. The van der Waals surface area contributed by atoms with Crippen LogP contribution in [0.15, 0.2) is 30.3 Å². The van der Waals surface area contributed by atoms with E-state index < -0.39 is 0 Å². The Hall–Kier alpha value is -1.36. The molecule has 5 heteroatoms. The minimum atomic E-state index is -0.0341. The van der Waals surface area contributed by atoms with Crippen LogP contribution >= 0.6 is 11.6 Å². The van der Waals surface area contributed by atoms with Crippen molar-refractivity contribution in [1.29, 1.82) is 0 Å². The molecule has 0 bridgehead atoms. The number of halogens is 1. The van der Waals surface area contributed by atoms with Gasteiger partial charge in [0, 0.05) is 36.3 Å². The second kappa shape index (κ2) is 8.84. The number of hydrogen-bond acceptors (Lipinski definition) is 3. The highest BCUT2D eigenvalue weighted by molar-refractivity contribution is 6.30. The van der Waals surface area contributed by atoms with Crippen LogP contribution in [-0.2, 0) is 9.53 Å². The predicted molar refractivity (Wildman–Crippen MR) is 102 cm³/mol. The first-order valence-corrected chi connectivity index (χ1v) is 9.60. The first-order chi connectivity index (χ1) is 12.2. The van der Waals surface area contributed by atoms with Gasteiger partial charge in [0.1, 0.15) is 0 Å². The molecular weight excluding hydrogens is 336 g/mol. The van der Waals surface area contributed by atoms with Gasteiger partial charge in [0.2, 0.25) is 5.91 Å². The molecule has 1 aliphatic heterocycles. The number of carbonyl (C=O) groups excluding carboxylic acids is 1. The smallest absolute Gasteiger partial charge is 0.244 e. The summed E-state index contributed by atoms with van der Waals surface area (Å²) >= 11 is 5.88. The second-order valence-corrected chi connectivity index (χ2v) is 7.42. The summed E-state index contributed by atoms with van der Waals surface area (Å²) in [7, 11) is 0. The summed E-state index contributed by atoms with van der Waals surface area (Å²) in [6.07, 6.45) is 9.55. The van der Waals surface area contributed by atoms with Crippen LogP contribution in [0.2, 0.25) is 5.02 Å². The molecule has 1 aliphatic carbocycles. The number of hydrogen-bond donors (Lipinski definition) is 1. The maximum atomic E-state index is 12.3. The molecule has 4 nitrogen and oxygen atoms in total. The van der Waals surface area contributed by atoms with Gasteiger partial charge in [-0.2, -0.15) is 0 Å². The van der Waals surface area contributed by atoms with Crippen molar-refractivity contribution < 1.29 is 9.53 Å². The highest BCUT2D eigenvalue weighted by Crippen LogP contribution is 2.33. The third-order valence-electron chi connectivity index (χ3n) is 5.36. The molecule has 0 atom stereocenters. The van der Waals surface area contributed by atoms with Gasteiger partial charge < -0.3 is 10.1 Å². The molecular formula is C20H27ClN2O2. The zero-order valence-electron chi connectivity index (χ0n) is 14.7. The summed E-state index contributed by atoms with van der Waals surface area (Å²) < 4.78 is 5.51. The highest BCUT2D eigenvalue weighted by atomic mass is 35.5. The van der Waals surface area contributed by atoms with E-state index in [0.29, 0.717) is 5.02 Å². The van der Waals surface area contributed by atoms with E-state index in [9.17, 15) is 4.79 Å². The minimum Gasteiger partial charge on any atom is -0.379 e. The van der Waals surface area contributed by atoms with Crippen LogP contribution in [0.1, 0.15) is 37.7 Å². The largest absolute Gasteiger partial charge is 0.379 e. The lowest BCUT2D eigenvalue weighted by Gasteiger charge is -2.48. The van der Waals surface area contributed by atoms with Crippen LogP contribution in [0, 0.1) is 0 Å². The van der Waals surface area contributed by atoms with Crippen molar-refractivity contribution >= 4 is 23.6 Å². The molecule has 0 unspecified atom stereocenters. The number of ether oxygens (including phenoxy) is 1. The molecule has 1 amide bonds. The summed E-state index contributed by atoms with van der Waals surface area (Å²) in [5.41, 5.74) is 1.08. The van der Waals surface area contributed by atoms with Crippen molar-refractivity contribution in [1.82, 2.24) is 10.2 Å². The molecule has 2 fully saturated rings. The van der Waals surface area contributed by atoms with E-state index in [-0.39, 0.29) is 11.4 Å². The summed E-state index contributed by atoms with van der Waals surface area (Å²) in [5.74, 6) is -0.0341. The Morgan fingerprint density at radius 2 is 1.84 bits per heavy atom. The Morgan fingerprint density at radius 3 is 2.52 bits per heavy atom. The Morgan fingerprint density at radius 1 is 1.16 bits per heavy atom. The van der Waals surface area contributed by atoms with E-state index in [4.69, 9.17) is 16.3 Å². The molecule has 3 rings (SSSR count). The van der Waals surface area contributed by atoms with Crippen molar-refractivity contribution in [3.63, 3.8) is 0 Å². The van der Waals surface area contributed by atoms with Crippen molar-refractivity contribution in [3.8, 4) is 0 Å².